The Kier molecular flexibility index (Phi) is 3.54. The quantitative estimate of drug-likeness (QED) is 0.593. The standard InChI is InChI=1S/C25H23NO2/c1-24(2,19-11-7-4-8-12-19)26-22(27)21-20(17-9-5-3-6-10-17)18-13-15-25(21,16-14-18)23(26)28/h3-16,18,20-21H,1-2H3/t18?,20-,21-,25?/m0/s1. The van der Waals surface area contributed by atoms with Crippen molar-refractivity contribution in [3.05, 3.63) is 96.1 Å². The van der Waals surface area contributed by atoms with E-state index in [0.717, 1.165) is 11.1 Å². The SMILES string of the molecule is CC(C)(c1ccccc1)N1C(=O)[C@@H]2[C@@H](c3ccccc3)C3C=CC2(C=C3)C1=O. The molecule has 2 atom stereocenters. The maximum atomic E-state index is 13.8. The summed E-state index contributed by atoms with van der Waals surface area (Å²) < 4.78 is 0. The lowest BCUT2D eigenvalue weighted by Gasteiger charge is -2.42. The summed E-state index contributed by atoms with van der Waals surface area (Å²) in [6.45, 7) is 3.92. The molecular weight excluding hydrogens is 346 g/mol. The topological polar surface area (TPSA) is 37.4 Å². The number of carbonyl (C=O) groups excluding carboxylic acids is 2. The molecule has 0 aromatic heterocycles. The van der Waals surface area contributed by atoms with Crippen LogP contribution in [0.2, 0.25) is 0 Å². The molecule has 2 amide bonds. The smallest absolute Gasteiger partial charge is 0.244 e. The fourth-order valence-electron chi connectivity index (χ4n) is 5.29. The molecule has 140 valence electrons. The molecular formula is C25H23NO2. The molecule has 6 rings (SSSR count). The molecule has 1 aliphatic heterocycles. The number of benzene rings is 2. The summed E-state index contributed by atoms with van der Waals surface area (Å²) in [5, 5.41) is 0. The molecule has 0 saturated carbocycles. The summed E-state index contributed by atoms with van der Waals surface area (Å²) in [6, 6.07) is 20.0. The third kappa shape index (κ3) is 2.10. The zero-order valence-corrected chi connectivity index (χ0v) is 16.1. The monoisotopic (exact) mass is 369 g/mol. The average Bonchev–Trinajstić information content (AvgIpc) is 2.97. The number of rotatable bonds is 3. The van der Waals surface area contributed by atoms with Crippen LogP contribution >= 0.6 is 0 Å². The molecule has 2 bridgehead atoms. The predicted octanol–water partition coefficient (Wildman–Crippen LogP) is 4.43. The molecule has 2 aromatic carbocycles. The average molecular weight is 369 g/mol. The predicted molar refractivity (Wildman–Crippen MR) is 108 cm³/mol. The first kappa shape index (κ1) is 17.2. The first-order valence-electron chi connectivity index (χ1n) is 9.84. The molecule has 3 heteroatoms. The molecule has 3 aliphatic carbocycles. The molecule has 28 heavy (non-hydrogen) atoms. The number of amides is 2. The Balaban J connectivity index is 1.65. The van der Waals surface area contributed by atoms with E-state index in [1.54, 1.807) is 0 Å². The lowest BCUT2D eigenvalue weighted by molar-refractivity contribution is -0.146. The summed E-state index contributed by atoms with van der Waals surface area (Å²) >= 11 is 0. The molecule has 1 heterocycles. The van der Waals surface area contributed by atoms with Gasteiger partial charge in [0.25, 0.3) is 0 Å². The lowest BCUT2D eigenvalue weighted by Crippen LogP contribution is -2.47. The van der Waals surface area contributed by atoms with Crippen LogP contribution in [0.5, 0.6) is 0 Å². The Bertz CT molecular complexity index is 989. The van der Waals surface area contributed by atoms with Crippen molar-refractivity contribution in [2.75, 3.05) is 0 Å². The Labute approximate surface area is 165 Å². The number of hydrogen-bond donors (Lipinski definition) is 0. The molecule has 1 saturated heterocycles. The third-order valence-corrected chi connectivity index (χ3v) is 6.76. The highest BCUT2D eigenvalue weighted by molar-refractivity contribution is 6.11. The number of likely N-dealkylation sites (tertiary alicyclic amines) is 1. The van der Waals surface area contributed by atoms with Crippen LogP contribution in [0.15, 0.2) is 85.0 Å². The van der Waals surface area contributed by atoms with Crippen LogP contribution in [0, 0.1) is 17.3 Å². The fraction of sp³-hybridized carbons (Fsp3) is 0.280. The minimum Gasteiger partial charge on any atom is -0.274 e. The van der Waals surface area contributed by atoms with Crippen molar-refractivity contribution in [1.82, 2.24) is 4.90 Å². The molecule has 2 aromatic rings. The Morgan fingerprint density at radius 3 is 2.04 bits per heavy atom. The third-order valence-electron chi connectivity index (χ3n) is 6.76. The van der Waals surface area contributed by atoms with Crippen LogP contribution in [0.25, 0.3) is 0 Å². The maximum absolute atomic E-state index is 13.8. The van der Waals surface area contributed by atoms with Crippen molar-refractivity contribution in [2.45, 2.75) is 25.3 Å². The van der Waals surface area contributed by atoms with Gasteiger partial charge in [-0.3, -0.25) is 14.5 Å². The number of hydrogen-bond acceptors (Lipinski definition) is 2. The van der Waals surface area contributed by atoms with Crippen molar-refractivity contribution in [3.63, 3.8) is 0 Å². The highest BCUT2D eigenvalue weighted by Gasteiger charge is 2.65. The number of allylic oxidation sites excluding steroid dienone is 2. The summed E-state index contributed by atoms with van der Waals surface area (Å²) in [6.07, 6.45) is 8.17. The van der Waals surface area contributed by atoms with Crippen molar-refractivity contribution in [1.29, 1.82) is 0 Å². The number of nitrogens with zero attached hydrogens (tertiary/aromatic N) is 1. The zero-order valence-electron chi connectivity index (χ0n) is 16.1. The van der Waals surface area contributed by atoms with Crippen molar-refractivity contribution in [2.24, 2.45) is 17.3 Å². The van der Waals surface area contributed by atoms with Gasteiger partial charge >= 0.3 is 0 Å². The molecule has 0 unspecified atom stereocenters. The van der Waals surface area contributed by atoms with E-state index in [1.165, 1.54) is 4.90 Å². The van der Waals surface area contributed by atoms with Gasteiger partial charge in [-0.1, -0.05) is 85.0 Å². The van der Waals surface area contributed by atoms with Gasteiger partial charge < -0.3 is 0 Å². The Hall–Kier alpha value is -2.94. The first-order valence-corrected chi connectivity index (χ1v) is 9.84. The van der Waals surface area contributed by atoms with Gasteiger partial charge in [-0.05, 0) is 25.0 Å². The lowest BCUT2D eigenvalue weighted by atomic mass is 9.57. The Morgan fingerprint density at radius 1 is 0.857 bits per heavy atom. The minimum absolute atomic E-state index is 0.00998. The summed E-state index contributed by atoms with van der Waals surface area (Å²) in [7, 11) is 0. The van der Waals surface area contributed by atoms with E-state index in [-0.39, 0.29) is 29.6 Å². The largest absolute Gasteiger partial charge is 0.274 e. The number of carbonyl (C=O) groups is 2. The van der Waals surface area contributed by atoms with Gasteiger partial charge in [0.05, 0.1) is 16.9 Å². The van der Waals surface area contributed by atoms with E-state index >= 15 is 0 Å². The molecule has 0 radical (unpaired) electrons. The van der Waals surface area contributed by atoms with Gasteiger partial charge in [-0.25, -0.2) is 0 Å². The molecule has 4 aliphatic rings. The molecule has 3 nitrogen and oxygen atoms in total. The van der Waals surface area contributed by atoms with Crippen LogP contribution in [-0.2, 0) is 15.1 Å². The van der Waals surface area contributed by atoms with Gasteiger partial charge in [0.15, 0.2) is 0 Å². The molecule has 1 spiro atoms. The summed E-state index contributed by atoms with van der Waals surface area (Å²) in [4.78, 5) is 29.0. The van der Waals surface area contributed by atoms with Crippen LogP contribution in [0.4, 0.5) is 0 Å². The number of imide groups is 1. The highest BCUT2D eigenvalue weighted by atomic mass is 16.2. The molecule has 0 N–H and O–H groups in total. The van der Waals surface area contributed by atoms with E-state index in [0.29, 0.717) is 0 Å². The van der Waals surface area contributed by atoms with Crippen LogP contribution in [-0.4, -0.2) is 16.7 Å². The Morgan fingerprint density at radius 2 is 1.43 bits per heavy atom. The second-order valence-electron chi connectivity index (χ2n) is 8.55. The van der Waals surface area contributed by atoms with E-state index < -0.39 is 11.0 Å². The summed E-state index contributed by atoms with van der Waals surface area (Å²) in [5.74, 6) is -0.422. The van der Waals surface area contributed by atoms with E-state index in [9.17, 15) is 9.59 Å². The normalized spacial score (nSPS) is 30.8. The van der Waals surface area contributed by atoms with E-state index in [4.69, 9.17) is 0 Å². The maximum Gasteiger partial charge on any atom is 0.244 e. The first-order chi connectivity index (χ1) is 13.5. The van der Waals surface area contributed by atoms with Crippen molar-refractivity contribution in [3.8, 4) is 0 Å². The van der Waals surface area contributed by atoms with Crippen LogP contribution in [0.1, 0.15) is 30.9 Å². The molecule has 1 fully saturated rings. The summed E-state index contributed by atoms with van der Waals surface area (Å²) in [5.41, 5.74) is 0.516. The van der Waals surface area contributed by atoms with E-state index in [1.807, 2.05) is 74.5 Å². The van der Waals surface area contributed by atoms with Gasteiger partial charge in [0, 0.05) is 11.8 Å². The van der Waals surface area contributed by atoms with Gasteiger partial charge in [-0.15, -0.1) is 0 Å². The van der Waals surface area contributed by atoms with Gasteiger partial charge in [0.2, 0.25) is 11.8 Å². The van der Waals surface area contributed by atoms with Gasteiger partial charge in [0.1, 0.15) is 0 Å². The van der Waals surface area contributed by atoms with Crippen molar-refractivity contribution >= 4 is 11.8 Å². The van der Waals surface area contributed by atoms with Gasteiger partial charge in [-0.2, -0.15) is 0 Å². The minimum atomic E-state index is -0.863. The second kappa shape index (κ2) is 5.78. The van der Waals surface area contributed by atoms with E-state index in [2.05, 4.69) is 24.3 Å². The highest BCUT2D eigenvalue weighted by Crippen LogP contribution is 2.59. The fourth-order valence-corrected chi connectivity index (χ4v) is 5.29. The van der Waals surface area contributed by atoms with Crippen LogP contribution in [0.3, 0.4) is 0 Å². The second-order valence-corrected chi connectivity index (χ2v) is 8.55. The van der Waals surface area contributed by atoms with Crippen LogP contribution < -0.4 is 0 Å². The zero-order chi connectivity index (χ0) is 19.5. The van der Waals surface area contributed by atoms with Crippen molar-refractivity contribution < 1.29 is 9.59 Å².